The first-order valence-electron chi connectivity index (χ1n) is 14.3. The van der Waals surface area contributed by atoms with Gasteiger partial charge >= 0.3 is 0 Å². The highest BCUT2D eigenvalue weighted by Crippen LogP contribution is 2.67. The van der Waals surface area contributed by atoms with E-state index in [1.54, 1.807) is 5.57 Å². The highest BCUT2D eigenvalue weighted by molar-refractivity contribution is 5.25. The fourth-order valence-electron chi connectivity index (χ4n) is 9.25. The molecule has 32 heavy (non-hydrogen) atoms. The summed E-state index contributed by atoms with van der Waals surface area (Å²) in [4.78, 5) is 0. The normalized spacial score (nSPS) is 42.8. The van der Waals surface area contributed by atoms with Crippen LogP contribution in [0.2, 0.25) is 0 Å². The Morgan fingerprint density at radius 3 is 2.41 bits per heavy atom. The molecule has 4 rings (SSSR count). The van der Waals surface area contributed by atoms with Crippen LogP contribution in [0.25, 0.3) is 0 Å². The lowest BCUT2D eigenvalue weighted by atomic mass is 9.47. The van der Waals surface area contributed by atoms with Gasteiger partial charge in [-0.25, -0.2) is 0 Å². The molecule has 0 aliphatic heterocycles. The lowest BCUT2D eigenvalue weighted by molar-refractivity contribution is -0.0955. The van der Waals surface area contributed by atoms with Gasteiger partial charge in [0.25, 0.3) is 0 Å². The van der Waals surface area contributed by atoms with Gasteiger partial charge in [-0.3, -0.25) is 0 Å². The highest BCUT2D eigenvalue weighted by Gasteiger charge is 2.59. The van der Waals surface area contributed by atoms with Crippen molar-refractivity contribution in [3.8, 4) is 0 Å². The molecule has 4 aliphatic rings. The number of hydrogen-bond donors (Lipinski definition) is 0. The third-order valence-electron chi connectivity index (χ3n) is 10.8. The van der Waals surface area contributed by atoms with Crippen molar-refractivity contribution < 1.29 is 4.74 Å². The van der Waals surface area contributed by atoms with E-state index in [0.717, 1.165) is 35.5 Å². The molecular formula is C31H54O. The number of ether oxygens (including phenoxy) is 1. The van der Waals surface area contributed by atoms with Crippen LogP contribution in [0.5, 0.6) is 0 Å². The summed E-state index contributed by atoms with van der Waals surface area (Å²) in [5, 5.41) is 0. The van der Waals surface area contributed by atoms with Crippen LogP contribution >= 0.6 is 0 Å². The molecule has 1 nitrogen and oxygen atoms in total. The molecule has 0 saturated heterocycles. The maximum atomic E-state index is 6.44. The Bertz CT molecular complexity index is 683. The van der Waals surface area contributed by atoms with Gasteiger partial charge in [-0.05, 0) is 118 Å². The van der Waals surface area contributed by atoms with Crippen LogP contribution in [0.3, 0.4) is 0 Å². The Balaban J connectivity index is 1.46. The van der Waals surface area contributed by atoms with Crippen molar-refractivity contribution in [1.29, 1.82) is 0 Å². The van der Waals surface area contributed by atoms with Crippen LogP contribution in [0, 0.1) is 46.3 Å². The average molecular weight is 443 g/mol. The summed E-state index contributed by atoms with van der Waals surface area (Å²) < 4.78 is 6.44. The van der Waals surface area contributed by atoms with Gasteiger partial charge in [-0.2, -0.15) is 0 Å². The molecule has 0 aromatic carbocycles. The minimum atomic E-state index is -0.0203. The molecule has 1 heteroatoms. The molecule has 0 bridgehead atoms. The maximum Gasteiger partial charge on any atom is 0.0619 e. The molecule has 0 N–H and O–H groups in total. The summed E-state index contributed by atoms with van der Waals surface area (Å²) in [6.45, 7) is 19.4. The molecule has 0 aromatic heterocycles. The Hall–Kier alpha value is -0.300. The van der Waals surface area contributed by atoms with E-state index >= 15 is 0 Å². The van der Waals surface area contributed by atoms with E-state index in [0.29, 0.717) is 16.9 Å². The van der Waals surface area contributed by atoms with Gasteiger partial charge in [0.2, 0.25) is 0 Å². The molecule has 0 spiro atoms. The standard InChI is InChI=1S/C31H54O/c1-21(2)10-9-11-22(3)26-14-15-27-25-13-12-23-20-24(32-29(4,5)6)16-18-30(23,7)28(25)17-19-31(26,27)8/h12,21-22,24-28H,9-11,13-20H2,1-8H3. The first-order chi connectivity index (χ1) is 14.9. The zero-order valence-corrected chi connectivity index (χ0v) is 22.8. The second kappa shape index (κ2) is 9.05. The minimum Gasteiger partial charge on any atom is -0.372 e. The van der Waals surface area contributed by atoms with E-state index in [1.165, 1.54) is 70.6 Å². The highest BCUT2D eigenvalue weighted by atomic mass is 16.5. The quantitative estimate of drug-likeness (QED) is 0.372. The topological polar surface area (TPSA) is 9.23 Å². The van der Waals surface area contributed by atoms with Crippen molar-refractivity contribution in [3.05, 3.63) is 11.6 Å². The van der Waals surface area contributed by atoms with Gasteiger partial charge in [0.05, 0.1) is 11.7 Å². The second-order valence-electron chi connectivity index (χ2n) is 14.4. The second-order valence-corrected chi connectivity index (χ2v) is 14.4. The van der Waals surface area contributed by atoms with E-state index in [4.69, 9.17) is 4.74 Å². The third-order valence-corrected chi connectivity index (χ3v) is 10.8. The molecule has 4 aliphatic carbocycles. The zero-order chi connectivity index (χ0) is 23.3. The smallest absolute Gasteiger partial charge is 0.0619 e. The predicted molar refractivity (Wildman–Crippen MR) is 138 cm³/mol. The molecule has 184 valence electrons. The Morgan fingerprint density at radius 2 is 1.72 bits per heavy atom. The van der Waals surface area contributed by atoms with Crippen molar-refractivity contribution in [2.45, 2.75) is 138 Å². The van der Waals surface area contributed by atoms with Gasteiger partial charge < -0.3 is 4.74 Å². The molecule has 3 saturated carbocycles. The monoisotopic (exact) mass is 442 g/mol. The van der Waals surface area contributed by atoms with Crippen LogP contribution in [0.1, 0.15) is 126 Å². The van der Waals surface area contributed by atoms with Gasteiger partial charge in [0.15, 0.2) is 0 Å². The molecule has 0 amide bonds. The fraction of sp³-hybridized carbons (Fsp3) is 0.935. The summed E-state index contributed by atoms with van der Waals surface area (Å²) in [5.74, 6) is 5.57. The number of allylic oxidation sites excluding steroid dienone is 1. The van der Waals surface area contributed by atoms with Gasteiger partial charge in [-0.15, -0.1) is 0 Å². The summed E-state index contributed by atoms with van der Waals surface area (Å²) >= 11 is 0. The summed E-state index contributed by atoms with van der Waals surface area (Å²) in [6.07, 6.45) is 18.6. The zero-order valence-electron chi connectivity index (χ0n) is 22.8. The predicted octanol–water partition coefficient (Wildman–Crippen LogP) is 9.21. The third kappa shape index (κ3) is 4.63. The van der Waals surface area contributed by atoms with E-state index in [-0.39, 0.29) is 5.60 Å². The Labute approximate surface area is 200 Å². The van der Waals surface area contributed by atoms with E-state index < -0.39 is 0 Å². The van der Waals surface area contributed by atoms with E-state index in [9.17, 15) is 0 Å². The van der Waals surface area contributed by atoms with Crippen molar-refractivity contribution in [2.75, 3.05) is 0 Å². The summed E-state index contributed by atoms with van der Waals surface area (Å²) in [5.41, 5.74) is 2.79. The Morgan fingerprint density at radius 1 is 0.969 bits per heavy atom. The summed E-state index contributed by atoms with van der Waals surface area (Å²) in [7, 11) is 0. The number of fused-ring (bicyclic) bond motifs is 5. The lowest BCUT2D eigenvalue weighted by Gasteiger charge is -2.58. The molecular weight excluding hydrogens is 388 g/mol. The van der Waals surface area contributed by atoms with Crippen molar-refractivity contribution in [1.82, 2.24) is 0 Å². The van der Waals surface area contributed by atoms with Crippen LogP contribution in [-0.2, 0) is 4.74 Å². The average Bonchev–Trinajstić information content (AvgIpc) is 3.04. The van der Waals surface area contributed by atoms with Gasteiger partial charge in [-0.1, -0.05) is 65.5 Å². The van der Waals surface area contributed by atoms with Crippen molar-refractivity contribution in [3.63, 3.8) is 0 Å². The molecule has 8 atom stereocenters. The molecule has 0 aromatic rings. The Kier molecular flexibility index (Phi) is 7.02. The molecule has 8 unspecified atom stereocenters. The first kappa shape index (κ1) is 24.8. The van der Waals surface area contributed by atoms with Crippen LogP contribution in [0.15, 0.2) is 11.6 Å². The fourth-order valence-corrected chi connectivity index (χ4v) is 9.25. The van der Waals surface area contributed by atoms with Crippen LogP contribution in [0.4, 0.5) is 0 Å². The van der Waals surface area contributed by atoms with E-state index in [1.807, 2.05) is 0 Å². The van der Waals surface area contributed by atoms with Gasteiger partial charge in [0.1, 0.15) is 0 Å². The van der Waals surface area contributed by atoms with Crippen molar-refractivity contribution >= 4 is 0 Å². The minimum absolute atomic E-state index is 0.0203. The van der Waals surface area contributed by atoms with Crippen LogP contribution < -0.4 is 0 Å². The van der Waals surface area contributed by atoms with Crippen LogP contribution in [-0.4, -0.2) is 11.7 Å². The largest absolute Gasteiger partial charge is 0.372 e. The summed E-state index contributed by atoms with van der Waals surface area (Å²) in [6, 6.07) is 0. The van der Waals surface area contributed by atoms with E-state index in [2.05, 4.69) is 61.5 Å². The SMILES string of the molecule is CC(C)CCCC(C)C1CCC2C3CC=C4CC(OC(C)(C)C)CCC4(C)C3CCC12C. The first-order valence-corrected chi connectivity index (χ1v) is 14.3. The number of hydrogen-bond acceptors (Lipinski definition) is 1. The lowest BCUT2D eigenvalue weighted by Crippen LogP contribution is -2.51. The molecule has 3 fully saturated rings. The molecule has 0 heterocycles. The molecule has 0 radical (unpaired) electrons. The van der Waals surface area contributed by atoms with Gasteiger partial charge in [0, 0.05) is 0 Å². The maximum absolute atomic E-state index is 6.44. The number of rotatable bonds is 6. The van der Waals surface area contributed by atoms with Crippen molar-refractivity contribution in [2.24, 2.45) is 46.3 Å².